The molecule has 1 aromatic carbocycles. The summed E-state index contributed by atoms with van der Waals surface area (Å²) in [7, 11) is 0. The minimum atomic E-state index is 0.279. The van der Waals surface area contributed by atoms with Crippen molar-refractivity contribution in [1.29, 1.82) is 0 Å². The lowest BCUT2D eigenvalue weighted by molar-refractivity contribution is 0.474. The summed E-state index contributed by atoms with van der Waals surface area (Å²) in [6, 6.07) is 5.38. The summed E-state index contributed by atoms with van der Waals surface area (Å²) in [4.78, 5) is 0. The maximum atomic E-state index is 9.31. The molecule has 0 amide bonds. The first-order chi connectivity index (χ1) is 6.31. The van der Waals surface area contributed by atoms with E-state index in [0.29, 0.717) is 0 Å². The van der Waals surface area contributed by atoms with Gasteiger partial charge >= 0.3 is 0 Å². The maximum Gasteiger partial charge on any atom is 0.116 e. The predicted octanol–water partition coefficient (Wildman–Crippen LogP) is 1.39. The van der Waals surface area contributed by atoms with Gasteiger partial charge in [0.2, 0.25) is 0 Å². The molecule has 1 aliphatic rings. The van der Waals surface area contributed by atoms with E-state index in [1.54, 1.807) is 12.1 Å². The molecule has 3 nitrogen and oxygen atoms in total. The van der Waals surface area contributed by atoms with Crippen molar-refractivity contribution in [2.24, 2.45) is 10.9 Å². The highest BCUT2D eigenvalue weighted by atomic mass is 16.3. The van der Waals surface area contributed by atoms with Gasteiger partial charge in [0.15, 0.2) is 0 Å². The van der Waals surface area contributed by atoms with Gasteiger partial charge in [-0.2, -0.15) is 5.10 Å². The van der Waals surface area contributed by atoms with Crippen molar-refractivity contribution < 1.29 is 5.11 Å². The third kappa shape index (κ3) is 1.37. The lowest BCUT2D eigenvalue weighted by Gasteiger charge is -2.16. The van der Waals surface area contributed by atoms with Crippen molar-refractivity contribution in [3.8, 4) is 5.75 Å². The maximum absolute atomic E-state index is 9.31. The van der Waals surface area contributed by atoms with Crippen LogP contribution in [-0.4, -0.2) is 10.8 Å². The number of rotatable bonds is 0. The summed E-state index contributed by atoms with van der Waals surface area (Å²) in [5.41, 5.74) is 3.14. The Morgan fingerprint density at radius 1 is 1.31 bits per heavy atom. The molecule has 0 saturated carbocycles. The summed E-state index contributed by atoms with van der Waals surface area (Å²) < 4.78 is 0. The molecule has 0 aromatic heterocycles. The van der Waals surface area contributed by atoms with Gasteiger partial charge < -0.3 is 10.9 Å². The van der Waals surface area contributed by atoms with Crippen LogP contribution in [0.3, 0.4) is 0 Å². The molecule has 3 N–H and O–H groups in total. The highest BCUT2D eigenvalue weighted by Gasteiger charge is 2.15. The van der Waals surface area contributed by atoms with Gasteiger partial charge in [0, 0.05) is 5.56 Å². The first-order valence-corrected chi connectivity index (χ1v) is 4.40. The summed E-state index contributed by atoms with van der Waals surface area (Å²) in [5.74, 6) is 5.55. The van der Waals surface area contributed by atoms with E-state index in [2.05, 4.69) is 5.10 Å². The van der Waals surface area contributed by atoms with Crippen LogP contribution >= 0.6 is 0 Å². The van der Waals surface area contributed by atoms with E-state index in [-0.39, 0.29) is 5.75 Å². The number of benzene rings is 1. The number of phenolic OH excluding ortho intramolecular Hbond substituents is 1. The van der Waals surface area contributed by atoms with E-state index in [1.807, 2.05) is 6.07 Å². The Kier molecular flexibility index (Phi) is 1.93. The number of hydrazone groups is 1. The standard InChI is InChI=1S/C10H12N2O/c11-12-10-3-1-2-7-4-5-8(13)6-9(7)10/h4-6,13H,1-3,11H2/b12-10-. The normalized spacial score (nSPS) is 18.6. The van der Waals surface area contributed by atoms with Crippen molar-refractivity contribution in [1.82, 2.24) is 0 Å². The first-order valence-electron chi connectivity index (χ1n) is 4.40. The number of phenols is 1. The second-order valence-corrected chi connectivity index (χ2v) is 3.27. The van der Waals surface area contributed by atoms with Gasteiger partial charge in [-0.05, 0) is 37.0 Å². The molecule has 0 saturated heterocycles. The average molecular weight is 176 g/mol. The van der Waals surface area contributed by atoms with Crippen LogP contribution in [0, 0.1) is 0 Å². The highest BCUT2D eigenvalue weighted by Crippen LogP contribution is 2.24. The number of hydrogen-bond donors (Lipinski definition) is 2. The van der Waals surface area contributed by atoms with Crippen LogP contribution < -0.4 is 5.84 Å². The topological polar surface area (TPSA) is 58.6 Å². The molecule has 68 valence electrons. The summed E-state index contributed by atoms with van der Waals surface area (Å²) in [5, 5.41) is 13.0. The fourth-order valence-electron chi connectivity index (χ4n) is 1.77. The number of nitrogens with zero attached hydrogens (tertiary/aromatic N) is 1. The van der Waals surface area contributed by atoms with Crippen LogP contribution in [0.1, 0.15) is 24.0 Å². The molecule has 3 heteroatoms. The molecule has 1 aliphatic carbocycles. The zero-order valence-electron chi connectivity index (χ0n) is 7.33. The van der Waals surface area contributed by atoms with Crippen LogP contribution in [0.25, 0.3) is 0 Å². The van der Waals surface area contributed by atoms with Gasteiger partial charge in [-0.3, -0.25) is 0 Å². The van der Waals surface area contributed by atoms with Gasteiger partial charge in [0.05, 0.1) is 5.71 Å². The second kappa shape index (κ2) is 3.09. The monoisotopic (exact) mass is 176 g/mol. The van der Waals surface area contributed by atoms with E-state index in [1.165, 1.54) is 5.56 Å². The molecular weight excluding hydrogens is 164 g/mol. The molecule has 13 heavy (non-hydrogen) atoms. The van der Waals surface area contributed by atoms with Gasteiger partial charge in [-0.15, -0.1) is 0 Å². The highest BCUT2D eigenvalue weighted by molar-refractivity contribution is 6.02. The van der Waals surface area contributed by atoms with E-state index in [0.717, 1.165) is 30.5 Å². The van der Waals surface area contributed by atoms with Gasteiger partial charge in [-0.1, -0.05) is 6.07 Å². The Bertz CT molecular complexity index is 358. The first kappa shape index (κ1) is 8.10. The molecule has 0 spiro atoms. The van der Waals surface area contributed by atoms with Gasteiger partial charge in [0.1, 0.15) is 5.75 Å². The molecular formula is C10H12N2O. The number of fused-ring (bicyclic) bond motifs is 1. The number of aryl methyl sites for hydroxylation is 1. The van der Waals surface area contributed by atoms with Crippen LogP contribution in [0.5, 0.6) is 5.75 Å². The minimum Gasteiger partial charge on any atom is -0.508 e. The molecule has 0 heterocycles. The van der Waals surface area contributed by atoms with Crippen LogP contribution in [0.4, 0.5) is 0 Å². The molecule has 0 bridgehead atoms. The fourth-order valence-corrected chi connectivity index (χ4v) is 1.77. The van der Waals surface area contributed by atoms with Crippen molar-refractivity contribution >= 4 is 5.71 Å². The average Bonchev–Trinajstić information content (AvgIpc) is 2.17. The zero-order valence-corrected chi connectivity index (χ0v) is 7.33. The second-order valence-electron chi connectivity index (χ2n) is 3.27. The summed E-state index contributed by atoms with van der Waals surface area (Å²) in [6.07, 6.45) is 3.05. The fraction of sp³-hybridized carbons (Fsp3) is 0.300. The lowest BCUT2D eigenvalue weighted by Crippen LogP contribution is -2.13. The van der Waals surface area contributed by atoms with Crippen molar-refractivity contribution in [3.05, 3.63) is 29.3 Å². The molecule has 0 aliphatic heterocycles. The SMILES string of the molecule is N/N=C1/CCCc2ccc(O)cc21. The Hall–Kier alpha value is -1.51. The Balaban J connectivity index is 2.54. The zero-order chi connectivity index (χ0) is 9.26. The minimum absolute atomic E-state index is 0.279. The lowest BCUT2D eigenvalue weighted by atomic mass is 9.90. The van der Waals surface area contributed by atoms with Crippen molar-refractivity contribution in [2.75, 3.05) is 0 Å². The van der Waals surface area contributed by atoms with Crippen LogP contribution in [-0.2, 0) is 6.42 Å². The van der Waals surface area contributed by atoms with Gasteiger partial charge in [0.25, 0.3) is 0 Å². The Labute approximate surface area is 76.9 Å². The Morgan fingerprint density at radius 3 is 2.92 bits per heavy atom. The molecule has 0 unspecified atom stereocenters. The largest absolute Gasteiger partial charge is 0.508 e. The quantitative estimate of drug-likeness (QED) is 0.463. The van der Waals surface area contributed by atoms with Crippen molar-refractivity contribution in [3.63, 3.8) is 0 Å². The Morgan fingerprint density at radius 2 is 2.15 bits per heavy atom. The number of aromatic hydroxyl groups is 1. The van der Waals surface area contributed by atoms with Crippen LogP contribution in [0.2, 0.25) is 0 Å². The molecule has 0 fully saturated rings. The van der Waals surface area contributed by atoms with Crippen molar-refractivity contribution in [2.45, 2.75) is 19.3 Å². The third-order valence-electron chi connectivity index (χ3n) is 2.42. The van der Waals surface area contributed by atoms with E-state index in [9.17, 15) is 5.11 Å². The predicted molar refractivity (Wildman–Crippen MR) is 51.8 cm³/mol. The van der Waals surface area contributed by atoms with Crippen LogP contribution in [0.15, 0.2) is 23.3 Å². The molecule has 2 rings (SSSR count). The molecule has 0 radical (unpaired) electrons. The van der Waals surface area contributed by atoms with E-state index < -0.39 is 0 Å². The number of hydrogen-bond acceptors (Lipinski definition) is 3. The molecule has 0 atom stereocenters. The summed E-state index contributed by atoms with van der Waals surface area (Å²) >= 11 is 0. The van der Waals surface area contributed by atoms with E-state index in [4.69, 9.17) is 5.84 Å². The smallest absolute Gasteiger partial charge is 0.116 e. The van der Waals surface area contributed by atoms with Gasteiger partial charge in [-0.25, -0.2) is 0 Å². The number of nitrogens with two attached hydrogens (primary N) is 1. The summed E-state index contributed by atoms with van der Waals surface area (Å²) in [6.45, 7) is 0. The van der Waals surface area contributed by atoms with E-state index >= 15 is 0 Å². The molecule has 1 aromatic rings. The third-order valence-corrected chi connectivity index (χ3v) is 2.42.